The maximum absolute atomic E-state index is 14.2. The molecule has 0 fully saturated rings. The summed E-state index contributed by atoms with van der Waals surface area (Å²) >= 11 is 0. The van der Waals surface area contributed by atoms with E-state index in [4.69, 9.17) is 0 Å². The monoisotopic (exact) mass is 386 g/mol. The number of hydrogen-bond acceptors (Lipinski definition) is 4. The van der Waals surface area contributed by atoms with Crippen LogP contribution in [0.4, 0.5) is 15.9 Å². The first-order valence-corrected chi connectivity index (χ1v) is 8.92. The molecule has 28 heavy (non-hydrogen) atoms. The third kappa shape index (κ3) is 6.46. The van der Waals surface area contributed by atoms with E-state index in [1.807, 2.05) is 0 Å². The van der Waals surface area contributed by atoms with Gasteiger partial charge in [0.25, 0.3) is 0 Å². The van der Waals surface area contributed by atoms with E-state index >= 15 is 0 Å². The Hall–Kier alpha value is -3.29. The van der Waals surface area contributed by atoms with Crippen LogP contribution >= 0.6 is 0 Å². The first-order chi connectivity index (χ1) is 13.4. The van der Waals surface area contributed by atoms with Crippen LogP contribution in [-0.2, 0) is 14.4 Å². The van der Waals surface area contributed by atoms with Crippen molar-refractivity contribution in [3.63, 3.8) is 0 Å². The number of nitrogens with one attached hydrogen (secondary N) is 2. The Bertz CT molecular complexity index is 827. The number of hydrogen-bond donors (Lipinski definition) is 2. The summed E-state index contributed by atoms with van der Waals surface area (Å²) in [6, 6.07) is 10.7. The number of amides is 3. The van der Waals surface area contributed by atoms with Gasteiger partial charge in [0.05, 0.1) is 5.69 Å². The second-order valence-electron chi connectivity index (χ2n) is 6.42. The SMILES string of the molecule is CC(C)NC(=O)CN(C(=O)CCC(=O)Nc1ccccn1)c1ccccc1F. The first-order valence-electron chi connectivity index (χ1n) is 8.92. The van der Waals surface area contributed by atoms with E-state index in [0.29, 0.717) is 5.82 Å². The molecule has 0 unspecified atom stereocenters. The Morgan fingerprint density at radius 2 is 1.75 bits per heavy atom. The van der Waals surface area contributed by atoms with Gasteiger partial charge in [0.1, 0.15) is 18.2 Å². The number of anilines is 2. The number of aromatic nitrogens is 1. The smallest absolute Gasteiger partial charge is 0.240 e. The highest BCUT2D eigenvalue weighted by atomic mass is 19.1. The normalized spacial score (nSPS) is 10.4. The summed E-state index contributed by atoms with van der Waals surface area (Å²) in [6.45, 7) is 3.24. The van der Waals surface area contributed by atoms with Crippen molar-refractivity contribution < 1.29 is 18.8 Å². The van der Waals surface area contributed by atoms with Crippen molar-refractivity contribution in [2.24, 2.45) is 0 Å². The maximum atomic E-state index is 14.2. The molecule has 0 aliphatic carbocycles. The summed E-state index contributed by atoms with van der Waals surface area (Å²) < 4.78 is 14.2. The quantitative estimate of drug-likeness (QED) is 0.729. The summed E-state index contributed by atoms with van der Waals surface area (Å²) in [4.78, 5) is 41.8. The molecule has 1 aromatic heterocycles. The number of carbonyl (C=O) groups excluding carboxylic acids is 3. The zero-order valence-electron chi connectivity index (χ0n) is 15.8. The minimum atomic E-state index is -0.619. The molecular weight excluding hydrogens is 363 g/mol. The molecule has 0 saturated carbocycles. The summed E-state index contributed by atoms with van der Waals surface area (Å²) in [6.07, 6.45) is 1.24. The van der Waals surface area contributed by atoms with Gasteiger partial charge >= 0.3 is 0 Å². The molecule has 0 aliphatic rings. The second-order valence-corrected chi connectivity index (χ2v) is 6.42. The van der Waals surface area contributed by atoms with Crippen molar-refractivity contribution >= 4 is 29.2 Å². The molecule has 0 aliphatic heterocycles. The zero-order chi connectivity index (χ0) is 20.5. The highest BCUT2D eigenvalue weighted by molar-refractivity contribution is 6.01. The Balaban J connectivity index is 2.05. The second kappa shape index (κ2) is 10.1. The van der Waals surface area contributed by atoms with E-state index in [-0.39, 0.29) is 31.1 Å². The molecule has 0 spiro atoms. The molecule has 2 rings (SSSR count). The average Bonchev–Trinajstić information content (AvgIpc) is 2.65. The van der Waals surface area contributed by atoms with Crippen molar-refractivity contribution in [2.75, 3.05) is 16.8 Å². The fraction of sp³-hybridized carbons (Fsp3) is 0.300. The first kappa shape index (κ1) is 21.0. The summed E-state index contributed by atoms with van der Waals surface area (Å²) in [5.74, 6) is -1.58. The predicted molar refractivity (Wildman–Crippen MR) is 104 cm³/mol. The van der Waals surface area contributed by atoms with E-state index in [0.717, 1.165) is 4.90 Å². The summed E-state index contributed by atoms with van der Waals surface area (Å²) in [5.41, 5.74) is -0.00320. The molecule has 1 heterocycles. The van der Waals surface area contributed by atoms with E-state index in [9.17, 15) is 18.8 Å². The van der Waals surface area contributed by atoms with Gasteiger partial charge in [-0.15, -0.1) is 0 Å². The molecule has 3 amide bonds. The van der Waals surface area contributed by atoms with E-state index in [2.05, 4.69) is 15.6 Å². The molecule has 0 bridgehead atoms. The standard InChI is InChI=1S/C20H23FN4O3/c1-14(2)23-19(27)13-25(16-8-4-3-7-15(16)21)20(28)11-10-18(26)24-17-9-5-6-12-22-17/h3-9,12,14H,10-11,13H2,1-2H3,(H,23,27)(H,22,24,26). The van der Waals surface area contributed by atoms with Gasteiger partial charge in [-0.25, -0.2) is 9.37 Å². The lowest BCUT2D eigenvalue weighted by Gasteiger charge is -2.23. The van der Waals surface area contributed by atoms with Crippen molar-refractivity contribution in [1.82, 2.24) is 10.3 Å². The van der Waals surface area contributed by atoms with Crippen molar-refractivity contribution in [3.05, 3.63) is 54.5 Å². The molecular formula is C20H23FN4O3. The fourth-order valence-corrected chi connectivity index (χ4v) is 2.49. The largest absolute Gasteiger partial charge is 0.352 e. The molecule has 1 aromatic carbocycles. The van der Waals surface area contributed by atoms with Gasteiger partial charge in [-0.2, -0.15) is 0 Å². The van der Waals surface area contributed by atoms with Gasteiger partial charge in [0.2, 0.25) is 17.7 Å². The van der Waals surface area contributed by atoms with Gasteiger partial charge in [-0.1, -0.05) is 18.2 Å². The lowest BCUT2D eigenvalue weighted by Crippen LogP contribution is -2.43. The molecule has 0 radical (unpaired) electrons. The van der Waals surface area contributed by atoms with Crippen LogP contribution in [0.1, 0.15) is 26.7 Å². The number of nitrogens with zero attached hydrogens (tertiary/aromatic N) is 2. The van der Waals surface area contributed by atoms with Gasteiger partial charge in [0.15, 0.2) is 0 Å². The number of carbonyl (C=O) groups is 3. The maximum Gasteiger partial charge on any atom is 0.240 e. The van der Waals surface area contributed by atoms with Gasteiger partial charge in [-0.05, 0) is 38.1 Å². The number of pyridine rings is 1. The van der Waals surface area contributed by atoms with Gasteiger partial charge < -0.3 is 15.5 Å². The third-order valence-corrected chi connectivity index (χ3v) is 3.69. The van der Waals surface area contributed by atoms with Crippen LogP contribution in [0.15, 0.2) is 48.7 Å². The lowest BCUT2D eigenvalue weighted by atomic mass is 10.2. The van der Waals surface area contributed by atoms with E-state index < -0.39 is 23.5 Å². The molecule has 7 nitrogen and oxygen atoms in total. The Kier molecular flexibility index (Phi) is 7.62. The van der Waals surface area contributed by atoms with Crippen molar-refractivity contribution in [3.8, 4) is 0 Å². The zero-order valence-corrected chi connectivity index (χ0v) is 15.8. The minimum absolute atomic E-state index is 0.00320. The fourth-order valence-electron chi connectivity index (χ4n) is 2.49. The van der Waals surface area contributed by atoms with E-state index in [1.54, 1.807) is 38.1 Å². The third-order valence-electron chi connectivity index (χ3n) is 3.69. The van der Waals surface area contributed by atoms with Crippen LogP contribution in [0.5, 0.6) is 0 Å². The number of benzene rings is 1. The Morgan fingerprint density at radius 3 is 2.39 bits per heavy atom. The highest BCUT2D eigenvalue weighted by Crippen LogP contribution is 2.20. The van der Waals surface area contributed by atoms with Crippen molar-refractivity contribution in [2.45, 2.75) is 32.7 Å². The van der Waals surface area contributed by atoms with Crippen LogP contribution in [-0.4, -0.2) is 35.3 Å². The topological polar surface area (TPSA) is 91.4 Å². The number of para-hydroxylation sites is 1. The summed E-state index contributed by atoms with van der Waals surface area (Å²) in [5, 5.41) is 5.25. The van der Waals surface area contributed by atoms with Gasteiger partial charge in [0, 0.05) is 25.1 Å². The lowest BCUT2D eigenvalue weighted by molar-refractivity contribution is -0.125. The van der Waals surface area contributed by atoms with Crippen LogP contribution in [0.25, 0.3) is 0 Å². The Labute approximate surface area is 163 Å². The summed E-state index contributed by atoms with van der Waals surface area (Å²) in [7, 11) is 0. The molecule has 2 N–H and O–H groups in total. The highest BCUT2D eigenvalue weighted by Gasteiger charge is 2.22. The van der Waals surface area contributed by atoms with Crippen LogP contribution in [0.3, 0.4) is 0 Å². The van der Waals surface area contributed by atoms with Crippen molar-refractivity contribution in [1.29, 1.82) is 0 Å². The average molecular weight is 386 g/mol. The van der Waals surface area contributed by atoms with Crippen LogP contribution in [0, 0.1) is 5.82 Å². The molecule has 2 aromatic rings. The molecule has 8 heteroatoms. The Morgan fingerprint density at radius 1 is 1.04 bits per heavy atom. The number of rotatable bonds is 8. The predicted octanol–water partition coefficient (Wildman–Crippen LogP) is 2.50. The molecule has 148 valence electrons. The van der Waals surface area contributed by atoms with Gasteiger partial charge in [-0.3, -0.25) is 14.4 Å². The molecule has 0 atom stereocenters. The van der Waals surface area contributed by atoms with Crippen LogP contribution in [0.2, 0.25) is 0 Å². The number of halogens is 1. The van der Waals surface area contributed by atoms with E-state index in [1.165, 1.54) is 24.4 Å². The minimum Gasteiger partial charge on any atom is -0.352 e. The molecule has 0 saturated heterocycles. The van der Waals surface area contributed by atoms with Crippen LogP contribution < -0.4 is 15.5 Å².